The van der Waals surface area contributed by atoms with Gasteiger partial charge in [0.1, 0.15) is 11.8 Å². The van der Waals surface area contributed by atoms with Gasteiger partial charge in [-0.3, -0.25) is 4.68 Å². The van der Waals surface area contributed by atoms with Crippen LogP contribution in [0.25, 0.3) is 0 Å². The molecule has 0 saturated carbocycles. The maximum absolute atomic E-state index is 12.5. The minimum absolute atomic E-state index is 0.00476. The van der Waals surface area contributed by atoms with Crippen LogP contribution in [0.3, 0.4) is 0 Å². The van der Waals surface area contributed by atoms with Crippen molar-refractivity contribution in [3.8, 4) is 0 Å². The molecule has 0 aromatic carbocycles. The van der Waals surface area contributed by atoms with Crippen LogP contribution in [0.15, 0.2) is 58.8 Å². The lowest BCUT2D eigenvalue weighted by molar-refractivity contribution is 0.402. The molecular weight excluding hydrogens is 330 g/mol. The van der Waals surface area contributed by atoms with Gasteiger partial charge in [-0.1, -0.05) is 0 Å². The molecule has 8 nitrogen and oxygen atoms in total. The Balaban J connectivity index is 1.78. The second kappa shape index (κ2) is 6.62. The molecule has 0 radical (unpaired) electrons. The Morgan fingerprint density at radius 2 is 2.17 bits per heavy atom. The summed E-state index contributed by atoms with van der Waals surface area (Å²) in [6, 6.07) is 5.08. The van der Waals surface area contributed by atoms with Gasteiger partial charge >= 0.3 is 0 Å². The fourth-order valence-corrected chi connectivity index (χ4v) is 3.24. The first-order valence-electron chi connectivity index (χ1n) is 7.53. The zero-order valence-electron chi connectivity index (χ0n) is 13.4. The highest BCUT2D eigenvalue weighted by molar-refractivity contribution is 7.89. The Morgan fingerprint density at radius 3 is 2.75 bits per heavy atom. The Morgan fingerprint density at radius 1 is 1.33 bits per heavy atom. The van der Waals surface area contributed by atoms with Crippen molar-refractivity contribution in [1.29, 1.82) is 0 Å². The molecule has 0 unspecified atom stereocenters. The van der Waals surface area contributed by atoms with E-state index in [-0.39, 0.29) is 23.7 Å². The van der Waals surface area contributed by atoms with Crippen molar-refractivity contribution in [2.75, 3.05) is 6.54 Å². The quantitative estimate of drug-likeness (QED) is 0.702. The van der Waals surface area contributed by atoms with E-state index in [2.05, 4.69) is 14.8 Å². The normalized spacial score (nSPS) is 13.5. The number of hydrogen-bond donors (Lipinski definition) is 1. The van der Waals surface area contributed by atoms with E-state index in [1.165, 1.54) is 12.5 Å². The second-order valence-corrected chi connectivity index (χ2v) is 7.34. The van der Waals surface area contributed by atoms with Gasteiger partial charge in [-0.15, -0.1) is 0 Å². The Labute approximate surface area is 140 Å². The summed E-state index contributed by atoms with van der Waals surface area (Å²) in [6.07, 6.45) is 7.97. The molecule has 3 rings (SSSR count). The molecular formula is C15H19N5O3S. The minimum atomic E-state index is -3.71. The number of hydrogen-bond acceptors (Lipinski definition) is 5. The van der Waals surface area contributed by atoms with Crippen LogP contribution in [0.2, 0.25) is 0 Å². The number of aromatic nitrogens is 4. The molecule has 0 bridgehead atoms. The lowest BCUT2D eigenvalue weighted by Gasteiger charge is -2.15. The molecule has 0 amide bonds. The van der Waals surface area contributed by atoms with Crippen LogP contribution in [0, 0.1) is 0 Å². The van der Waals surface area contributed by atoms with Gasteiger partial charge in [-0.2, -0.15) is 5.10 Å². The summed E-state index contributed by atoms with van der Waals surface area (Å²) in [5, 5.41) is 4.17. The van der Waals surface area contributed by atoms with Crippen LogP contribution in [0.4, 0.5) is 0 Å². The maximum atomic E-state index is 12.5. The summed E-state index contributed by atoms with van der Waals surface area (Å²) < 4.78 is 36.3. The second-order valence-electron chi connectivity index (χ2n) is 5.62. The van der Waals surface area contributed by atoms with Crippen molar-refractivity contribution in [3.05, 3.63) is 55.1 Å². The highest BCUT2D eigenvalue weighted by Crippen LogP contribution is 2.18. The van der Waals surface area contributed by atoms with E-state index >= 15 is 0 Å². The lowest BCUT2D eigenvalue weighted by atomic mass is 10.2. The zero-order chi connectivity index (χ0) is 17.2. The fourth-order valence-electron chi connectivity index (χ4n) is 2.27. The highest BCUT2D eigenvalue weighted by atomic mass is 32.2. The van der Waals surface area contributed by atoms with E-state index < -0.39 is 10.0 Å². The van der Waals surface area contributed by atoms with Crippen LogP contribution in [-0.4, -0.2) is 34.3 Å². The maximum Gasteiger partial charge on any atom is 0.259 e. The average molecular weight is 349 g/mol. The van der Waals surface area contributed by atoms with Crippen molar-refractivity contribution >= 4 is 10.0 Å². The molecule has 9 heteroatoms. The average Bonchev–Trinajstić information content (AvgIpc) is 3.30. The Kier molecular flexibility index (Phi) is 4.54. The standard InChI is InChI=1S/C15H19N5O3S/c1-12(2)19-10-15(16-11-19)24(21,22)18-9-13(14-5-3-8-23-14)20-7-4-6-17-20/h3-8,10-13,18H,9H2,1-2H3/t13-/m0/s1. The number of imidazole rings is 1. The summed E-state index contributed by atoms with van der Waals surface area (Å²) in [5.41, 5.74) is 0. The number of furan rings is 1. The first-order valence-corrected chi connectivity index (χ1v) is 9.01. The molecule has 1 N–H and O–H groups in total. The van der Waals surface area contributed by atoms with E-state index in [1.54, 1.807) is 46.1 Å². The van der Waals surface area contributed by atoms with Gasteiger partial charge < -0.3 is 8.98 Å². The monoisotopic (exact) mass is 349 g/mol. The summed E-state index contributed by atoms with van der Waals surface area (Å²) in [6.45, 7) is 4.01. The van der Waals surface area contributed by atoms with Gasteiger partial charge in [-0.25, -0.2) is 18.1 Å². The first-order chi connectivity index (χ1) is 11.5. The van der Waals surface area contributed by atoms with Crippen molar-refractivity contribution < 1.29 is 12.8 Å². The molecule has 3 aromatic rings. The third-order valence-corrected chi connectivity index (χ3v) is 4.94. The Bertz CT molecular complexity index is 832. The molecule has 0 fully saturated rings. The van der Waals surface area contributed by atoms with Crippen LogP contribution in [0.5, 0.6) is 0 Å². The SMILES string of the molecule is CC(C)n1cnc(S(=O)(=O)NC[C@@H](c2ccco2)n2cccn2)c1. The summed E-state index contributed by atoms with van der Waals surface area (Å²) in [5.74, 6) is 0.620. The van der Waals surface area contributed by atoms with E-state index in [0.29, 0.717) is 5.76 Å². The third kappa shape index (κ3) is 3.41. The summed E-state index contributed by atoms with van der Waals surface area (Å²) in [7, 11) is -3.71. The van der Waals surface area contributed by atoms with Crippen molar-refractivity contribution in [3.63, 3.8) is 0 Å². The van der Waals surface area contributed by atoms with Gasteiger partial charge in [0.2, 0.25) is 0 Å². The fraction of sp³-hybridized carbons (Fsp3) is 0.333. The molecule has 1 atom stereocenters. The smallest absolute Gasteiger partial charge is 0.259 e. The molecule has 3 heterocycles. The molecule has 0 aliphatic carbocycles. The first kappa shape index (κ1) is 16.5. The molecule has 24 heavy (non-hydrogen) atoms. The van der Waals surface area contributed by atoms with Crippen LogP contribution < -0.4 is 4.72 Å². The van der Waals surface area contributed by atoms with Crippen molar-refractivity contribution in [2.45, 2.75) is 31.0 Å². The van der Waals surface area contributed by atoms with Crippen LogP contribution in [-0.2, 0) is 10.0 Å². The topological polar surface area (TPSA) is 95.0 Å². The Hall–Kier alpha value is -2.39. The van der Waals surface area contributed by atoms with Crippen LogP contribution >= 0.6 is 0 Å². The molecule has 0 saturated heterocycles. The van der Waals surface area contributed by atoms with E-state index in [4.69, 9.17) is 4.42 Å². The van der Waals surface area contributed by atoms with Gasteiger partial charge in [-0.05, 0) is 32.0 Å². The van der Waals surface area contributed by atoms with Crippen molar-refractivity contribution in [1.82, 2.24) is 24.1 Å². The van der Waals surface area contributed by atoms with Gasteiger partial charge in [0.25, 0.3) is 10.0 Å². The van der Waals surface area contributed by atoms with E-state index in [1.807, 2.05) is 13.8 Å². The van der Waals surface area contributed by atoms with Crippen molar-refractivity contribution in [2.24, 2.45) is 0 Å². The molecule has 0 aliphatic heterocycles. The van der Waals surface area contributed by atoms with Gasteiger partial charge in [0.15, 0.2) is 5.03 Å². The molecule has 3 aromatic heterocycles. The largest absolute Gasteiger partial charge is 0.467 e. The number of nitrogens with zero attached hydrogens (tertiary/aromatic N) is 4. The van der Waals surface area contributed by atoms with Crippen LogP contribution in [0.1, 0.15) is 31.7 Å². The minimum Gasteiger partial charge on any atom is -0.467 e. The highest BCUT2D eigenvalue weighted by Gasteiger charge is 2.23. The van der Waals surface area contributed by atoms with E-state index in [9.17, 15) is 8.42 Å². The lowest BCUT2D eigenvalue weighted by Crippen LogP contribution is -2.31. The summed E-state index contributed by atoms with van der Waals surface area (Å²) in [4.78, 5) is 3.98. The van der Waals surface area contributed by atoms with Gasteiger partial charge in [0.05, 0.1) is 12.6 Å². The molecule has 0 aliphatic rings. The molecule has 128 valence electrons. The predicted octanol–water partition coefficient (Wildman–Crippen LogP) is 1.82. The third-order valence-electron chi connectivity index (χ3n) is 3.63. The van der Waals surface area contributed by atoms with Gasteiger partial charge in [0, 0.05) is 31.2 Å². The zero-order valence-corrected chi connectivity index (χ0v) is 14.2. The number of nitrogens with one attached hydrogen (secondary N) is 1. The molecule has 0 spiro atoms. The number of rotatable bonds is 7. The van der Waals surface area contributed by atoms with E-state index in [0.717, 1.165) is 0 Å². The number of sulfonamides is 1. The summed E-state index contributed by atoms with van der Waals surface area (Å²) >= 11 is 0. The predicted molar refractivity (Wildman–Crippen MR) is 86.9 cm³/mol.